The van der Waals surface area contributed by atoms with Crippen LogP contribution in [0, 0.1) is 11.8 Å². The first-order valence-electron chi connectivity index (χ1n) is 9.11. The largest absolute Gasteiger partial charge is 0.347 e. The number of hydrogen-bond acceptors (Lipinski definition) is 2. The van der Waals surface area contributed by atoms with Gasteiger partial charge in [0.15, 0.2) is 0 Å². The number of amides is 2. The molecule has 2 heterocycles. The van der Waals surface area contributed by atoms with Gasteiger partial charge in [-0.1, -0.05) is 38.1 Å². The first kappa shape index (κ1) is 17.2. The van der Waals surface area contributed by atoms with E-state index in [0.29, 0.717) is 17.2 Å². The number of hydrogen-bond donors (Lipinski definition) is 1. The lowest BCUT2D eigenvalue weighted by Gasteiger charge is -2.21. The standard InChI is InChI=1S/C22H21N3O2/c1-14(2)13-25-11-10-16-19(8-5-9-20(16)25)24-22(27)17-12-21(26)23-18-7-4-3-6-15(17)18/h3-12,14-15H,13H2,1-2H3,(H,24,27). The molecule has 1 atom stereocenters. The van der Waals surface area contributed by atoms with Gasteiger partial charge in [-0.2, -0.15) is 0 Å². The van der Waals surface area contributed by atoms with Crippen LogP contribution in [0.2, 0.25) is 0 Å². The molecule has 0 spiro atoms. The maximum atomic E-state index is 12.9. The lowest BCUT2D eigenvalue weighted by Crippen LogP contribution is -2.28. The number of carbonyl (C=O) groups excluding carboxylic acids is 2. The fourth-order valence-corrected chi connectivity index (χ4v) is 3.57. The molecule has 1 aliphatic heterocycles. The molecule has 0 saturated carbocycles. The Bertz CT molecular complexity index is 1050. The molecule has 27 heavy (non-hydrogen) atoms. The van der Waals surface area contributed by atoms with Gasteiger partial charge in [-0.3, -0.25) is 9.59 Å². The number of aromatic nitrogens is 1. The molecule has 0 bridgehead atoms. The second-order valence-electron chi connectivity index (χ2n) is 7.25. The number of allylic oxidation sites excluding steroid dienone is 4. The molecule has 2 aliphatic rings. The normalized spacial score (nSPS) is 18.5. The molecule has 1 unspecified atom stereocenters. The first-order chi connectivity index (χ1) is 13.0. The minimum atomic E-state index is -0.396. The lowest BCUT2D eigenvalue weighted by atomic mass is 9.87. The van der Waals surface area contributed by atoms with Crippen molar-refractivity contribution in [1.29, 1.82) is 0 Å². The SMILES string of the molecule is CC(C)Cn1ccc2c(NC(=O)C3=CC(=O)N=C4C=CC=CC34)cccc21. The van der Waals surface area contributed by atoms with Gasteiger partial charge in [-0.05, 0) is 30.2 Å². The van der Waals surface area contributed by atoms with Crippen molar-refractivity contribution < 1.29 is 9.59 Å². The number of rotatable bonds is 4. The Balaban J connectivity index is 1.64. The van der Waals surface area contributed by atoms with Crippen LogP contribution in [0.3, 0.4) is 0 Å². The fraction of sp³-hybridized carbons (Fsp3) is 0.227. The zero-order valence-electron chi connectivity index (χ0n) is 15.3. The highest BCUT2D eigenvalue weighted by Gasteiger charge is 2.28. The third kappa shape index (κ3) is 3.28. The van der Waals surface area contributed by atoms with Crippen LogP contribution in [-0.4, -0.2) is 22.1 Å². The monoisotopic (exact) mass is 359 g/mol. The fourth-order valence-electron chi connectivity index (χ4n) is 3.57. The van der Waals surface area contributed by atoms with Crippen LogP contribution in [0.4, 0.5) is 5.69 Å². The molecule has 0 saturated heterocycles. The number of carbonyl (C=O) groups is 2. The Kier molecular flexibility index (Phi) is 4.36. The second-order valence-corrected chi connectivity index (χ2v) is 7.25. The third-order valence-electron chi connectivity index (χ3n) is 4.74. The summed E-state index contributed by atoms with van der Waals surface area (Å²) in [4.78, 5) is 28.8. The van der Waals surface area contributed by atoms with Gasteiger partial charge in [0.25, 0.3) is 11.8 Å². The van der Waals surface area contributed by atoms with Crippen LogP contribution in [0.1, 0.15) is 13.8 Å². The van der Waals surface area contributed by atoms with Gasteiger partial charge in [0.05, 0.1) is 22.8 Å². The van der Waals surface area contributed by atoms with Gasteiger partial charge < -0.3 is 9.88 Å². The molecule has 5 heteroatoms. The number of nitrogens with one attached hydrogen (secondary N) is 1. The number of dihydropyridines is 1. The van der Waals surface area contributed by atoms with Crippen LogP contribution in [0.5, 0.6) is 0 Å². The number of anilines is 1. The van der Waals surface area contributed by atoms with E-state index in [9.17, 15) is 9.59 Å². The Morgan fingerprint density at radius 2 is 2.11 bits per heavy atom. The van der Waals surface area contributed by atoms with Gasteiger partial charge in [0.2, 0.25) is 0 Å². The number of aliphatic imine (C=N–C) groups is 1. The summed E-state index contributed by atoms with van der Waals surface area (Å²) in [6, 6.07) is 7.89. The summed E-state index contributed by atoms with van der Waals surface area (Å²) in [5.41, 5.74) is 2.85. The highest BCUT2D eigenvalue weighted by Crippen LogP contribution is 2.28. The average molecular weight is 359 g/mol. The number of benzene rings is 1. The minimum Gasteiger partial charge on any atom is -0.347 e. The molecular formula is C22H21N3O2. The van der Waals surface area contributed by atoms with Crippen molar-refractivity contribution in [3.8, 4) is 0 Å². The van der Waals surface area contributed by atoms with Crippen molar-refractivity contribution >= 4 is 34.1 Å². The van der Waals surface area contributed by atoms with Crippen LogP contribution in [-0.2, 0) is 16.1 Å². The second kappa shape index (κ2) is 6.83. The summed E-state index contributed by atoms with van der Waals surface area (Å²) in [5.74, 6) is -0.420. The molecule has 136 valence electrons. The molecule has 2 amide bonds. The summed E-state index contributed by atoms with van der Waals surface area (Å²) in [6.07, 6.45) is 10.7. The minimum absolute atomic E-state index is 0.273. The predicted molar refractivity (Wildman–Crippen MR) is 108 cm³/mol. The quantitative estimate of drug-likeness (QED) is 0.900. The zero-order chi connectivity index (χ0) is 19.0. The smallest absolute Gasteiger partial charge is 0.270 e. The van der Waals surface area contributed by atoms with Crippen molar-refractivity contribution in [1.82, 2.24) is 4.57 Å². The average Bonchev–Trinajstić information content (AvgIpc) is 3.04. The lowest BCUT2D eigenvalue weighted by molar-refractivity contribution is -0.116. The highest BCUT2D eigenvalue weighted by atomic mass is 16.2. The van der Waals surface area contributed by atoms with Crippen LogP contribution in [0.25, 0.3) is 10.9 Å². The molecular weight excluding hydrogens is 338 g/mol. The van der Waals surface area contributed by atoms with Crippen molar-refractivity contribution in [2.75, 3.05) is 5.32 Å². The first-order valence-corrected chi connectivity index (χ1v) is 9.11. The van der Waals surface area contributed by atoms with E-state index < -0.39 is 5.91 Å². The molecule has 0 radical (unpaired) electrons. The van der Waals surface area contributed by atoms with E-state index in [1.54, 1.807) is 6.08 Å². The van der Waals surface area contributed by atoms with Crippen molar-refractivity contribution in [2.45, 2.75) is 20.4 Å². The van der Waals surface area contributed by atoms with Crippen molar-refractivity contribution in [3.05, 3.63) is 66.4 Å². The van der Waals surface area contributed by atoms with E-state index in [4.69, 9.17) is 0 Å². The summed E-state index contributed by atoms with van der Waals surface area (Å²) in [5, 5.41) is 3.98. The third-order valence-corrected chi connectivity index (χ3v) is 4.74. The molecule has 1 aromatic heterocycles. The molecule has 0 fully saturated rings. The highest BCUT2D eigenvalue weighted by molar-refractivity contribution is 6.21. The van der Waals surface area contributed by atoms with Crippen molar-refractivity contribution in [3.63, 3.8) is 0 Å². The van der Waals surface area contributed by atoms with Gasteiger partial charge >= 0.3 is 0 Å². The zero-order valence-corrected chi connectivity index (χ0v) is 15.3. The van der Waals surface area contributed by atoms with E-state index >= 15 is 0 Å². The number of nitrogens with zero attached hydrogens (tertiary/aromatic N) is 2. The molecule has 4 rings (SSSR count). The van der Waals surface area contributed by atoms with Crippen molar-refractivity contribution in [2.24, 2.45) is 16.8 Å². The van der Waals surface area contributed by atoms with E-state index in [-0.39, 0.29) is 11.8 Å². The Hall–Kier alpha value is -3.21. The maximum Gasteiger partial charge on any atom is 0.270 e. The Morgan fingerprint density at radius 1 is 1.26 bits per heavy atom. The summed E-state index contributed by atoms with van der Waals surface area (Å²) >= 11 is 0. The molecule has 1 aliphatic carbocycles. The van der Waals surface area contributed by atoms with Crippen LogP contribution >= 0.6 is 0 Å². The Morgan fingerprint density at radius 3 is 2.93 bits per heavy atom. The summed E-state index contributed by atoms with van der Waals surface area (Å²) < 4.78 is 2.19. The Labute approximate surface area is 157 Å². The van der Waals surface area contributed by atoms with Gasteiger partial charge in [-0.15, -0.1) is 0 Å². The maximum absolute atomic E-state index is 12.9. The topological polar surface area (TPSA) is 63.5 Å². The molecule has 1 aromatic carbocycles. The van der Waals surface area contributed by atoms with E-state index in [2.05, 4.69) is 34.8 Å². The predicted octanol–water partition coefficient (Wildman–Crippen LogP) is 3.89. The van der Waals surface area contributed by atoms with E-state index in [0.717, 1.165) is 23.1 Å². The van der Waals surface area contributed by atoms with Gasteiger partial charge in [0.1, 0.15) is 0 Å². The molecule has 5 nitrogen and oxygen atoms in total. The van der Waals surface area contributed by atoms with E-state index in [1.807, 2.05) is 42.6 Å². The summed E-state index contributed by atoms with van der Waals surface area (Å²) in [7, 11) is 0. The number of fused-ring (bicyclic) bond motifs is 2. The molecule has 2 aromatic rings. The van der Waals surface area contributed by atoms with E-state index in [1.165, 1.54) is 6.08 Å². The van der Waals surface area contributed by atoms with Crippen LogP contribution in [0.15, 0.2) is 71.4 Å². The van der Waals surface area contributed by atoms with Gasteiger partial charge in [-0.25, -0.2) is 4.99 Å². The molecule has 1 N–H and O–H groups in total. The van der Waals surface area contributed by atoms with Gasteiger partial charge in [0, 0.05) is 29.8 Å². The summed E-state index contributed by atoms with van der Waals surface area (Å²) in [6.45, 7) is 5.27. The van der Waals surface area contributed by atoms with Crippen LogP contribution < -0.4 is 5.32 Å².